The number of anilines is 3. The van der Waals surface area contributed by atoms with Crippen molar-refractivity contribution >= 4 is 67.8 Å². The number of hydrogen-bond acceptors (Lipinski definition) is 2. The summed E-state index contributed by atoms with van der Waals surface area (Å²) in [6.45, 7) is 0. The summed E-state index contributed by atoms with van der Waals surface area (Å²) in [6.07, 6.45) is 0. The van der Waals surface area contributed by atoms with Gasteiger partial charge in [-0.3, -0.25) is 0 Å². The van der Waals surface area contributed by atoms with E-state index in [-0.39, 0.29) is 0 Å². The molecular weight excluding hydrogens is 463 g/mol. The Balaban J connectivity index is 1.43. The van der Waals surface area contributed by atoms with E-state index in [9.17, 15) is 0 Å². The van der Waals surface area contributed by atoms with Crippen LogP contribution in [0.3, 0.4) is 0 Å². The van der Waals surface area contributed by atoms with Crippen LogP contribution in [0, 0.1) is 0 Å². The molecule has 2 aliphatic heterocycles. The second-order valence-electron chi connectivity index (χ2n) is 10.0. The van der Waals surface area contributed by atoms with E-state index in [4.69, 9.17) is 4.74 Å². The number of aromatic amines is 1. The Bertz CT molecular complexity index is 2110. The molecule has 7 aromatic rings. The van der Waals surface area contributed by atoms with Gasteiger partial charge in [-0.15, -0.1) is 0 Å². The van der Waals surface area contributed by atoms with Crippen molar-refractivity contribution in [3.63, 3.8) is 0 Å². The summed E-state index contributed by atoms with van der Waals surface area (Å²) in [6, 6.07) is 40.9. The van der Waals surface area contributed by atoms with Gasteiger partial charge in [0.15, 0.2) is 18.8 Å². The molecule has 175 valence electrons. The van der Waals surface area contributed by atoms with Gasteiger partial charge in [0, 0.05) is 32.9 Å². The van der Waals surface area contributed by atoms with E-state index in [1.54, 1.807) is 0 Å². The normalized spacial score (nSPS) is 13.1. The first-order valence-corrected chi connectivity index (χ1v) is 13.0. The maximum absolute atomic E-state index is 6.39. The number of benzene rings is 6. The van der Waals surface area contributed by atoms with Crippen molar-refractivity contribution in [3.8, 4) is 22.6 Å². The van der Waals surface area contributed by atoms with Crippen LogP contribution in [-0.2, 0) is 0 Å². The number of fused-ring (bicyclic) bond motifs is 9. The Kier molecular flexibility index (Phi) is 3.87. The van der Waals surface area contributed by atoms with Crippen molar-refractivity contribution in [3.05, 3.63) is 115 Å². The maximum atomic E-state index is 6.39. The summed E-state index contributed by atoms with van der Waals surface area (Å²) in [7, 11) is 2.34. The fourth-order valence-corrected chi connectivity index (χ4v) is 6.38. The van der Waals surface area contributed by atoms with Crippen LogP contribution >= 0.6 is 0 Å². The van der Waals surface area contributed by atoms with Crippen molar-refractivity contribution in [2.75, 3.05) is 4.90 Å². The molecule has 6 aromatic carbocycles. The fraction of sp³-hybridized carbons (Fsp3) is 0. The van der Waals surface area contributed by atoms with Gasteiger partial charge in [-0.1, -0.05) is 90.4 Å². The van der Waals surface area contributed by atoms with Crippen LogP contribution in [-0.4, -0.2) is 12.3 Å². The predicted molar refractivity (Wildman–Crippen MR) is 159 cm³/mol. The zero-order valence-corrected chi connectivity index (χ0v) is 20.4. The van der Waals surface area contributed by atoms with Gasteiger partial charge in [-0.05, 0) is 46.7 Å². The third-order valence-corrected chi connectivity index (χ3v) is 8.00. The lowest BCUT2D eigenvalue weighted by Gasteiger charge is -2.40. The first-order valence-electron chi connectivity index (χ1n) is 13.0. The SMILES string of the molecule is [B]1c2cccc3c2N(c2ccccc2O3)c2c1c(-c1cccc3c1[nH]c1ccccc13)cc1ccccc21. The number of nitrogens with zero attached hydrogens (tertiary/aromatic N) is 1. The summed E-state index contributed by atoms with van der Waals surface area (Å²) in [5.74, 6) is 1.76. The Hall–Kier alpha value is -4.96. The number of rotatable bonds is 1. The van der Waals surface area contributed by atoms with Gasteiger partial charge < -0.3 is 14.6 Å². The van der Waals surface area contributed by atoms with Crippen molar-refractivity contribution in [2.45, 2.75) is 0 Å². The lowest BCUT2D eigenvalue weighted by atomic mass is 9.57. The molecule has 3 nitrogen and oxygen atoms in total. The van der Waals surface area contributed by atoms with Crippen LogP contribution in [0.1, 0.15) is 0 Å². The topological polar surface area (TPSA) is 28.3 Å². The lowest BCUT2D eigenvalue weighted by molar-refractivity contribution is 0.477. The number of nitrogens with one attached hydrogen (secondary N) is 1. The monoisotopic (exact) mass is 483 g/mol. The van der Waals surface area contributed by atoms with Crippen molar-refractivity contribution in [1.29, 1.82) is 0 Å². The van der Waals surface area contributed by atoms with E-state index >= 15 is 0 Å². The van der Waals surface area contributed by atoms with Gasteiger partial charge in [0.1, 0.15) is 0 Å². The van der Waals surface area contributed by atoms with E-state index in [2.05, 4.69) is 126 Å². The van der Waals surface area contributed by atoms with Crippen molar-refractivity contribution < 1.29 is 4.74 Å². The smallest absolute Gasteiger partial charge is 0.198 e. The molecular formula is C34H20BN2O. The zero-order chi connectivity index (χ0) is 24.8. The first kappa shape index (κ1) is 20.1. The molecule has 1 aromatic heterocycles. The Morgan fingerprint density at radius 2 is 1.37 bits per heavy atom. The molecule has 0 aliphatic carbocycles. The molecule has 0 saturated heterocycles. The fourth-order valence-electron chi connectivity index (χ4n) is 6.38. The highest BCUT2D eigenvalue weighted by atomic mass is 16.5. The van der Waals surface area contributed by atoms with Gasteiger partial charge in [-0.25, -0.2) is 0 Å². The molecule has 0 spiro atoms. The number of aromatic nitrogens is 1. The number of H-pyrrole nitrogens is 1. The largest absolute Gasteiger partial charge is 0.453 e. The molecule has 0 saturated carbocycles. The Morgan fingerprint density at radius 1 is 0.605 bits per heavy atom. The van der Waals surface area contributed by atoms with Crippen LogP contribution in [0.5, 0.6) is 11.5 Å². The second kappa shape index (κ2) is 7.30. The highest BCUT2D eigenvalue weighted by Gasteiger charge is 2.35. The molecule has 0 unspecified atom stereocenters. The minimum Gasteiger partial charge on any atom is -0.453 e. The van der Waals surface area contributed by atoms with Gasteiger partial charge in [0.25, 0.3) is 0 Å². The number of hydrogen-bond donors (Lipinski definition) is 1. The van der Waals surface area contributed by atoms with Crippen molar-refractivity contribution in [2.24, 2.45) is 0 Å². The first-order chi connectivity index (χ1) is 18.8. The van der Waals surface area contributed by atoms with Crippen LogP contribution < -0.4 is 20.6 Å². The highest BCUT2D eigenvalue weighted by molar-refractivity contribution is 6.74. The standard InChI is InChI=1S/C34H20BN2O/c1-2-10-21-20(9-1)19-25(24-13-7-12-23-22-11-3-4-15-27(22)36-32(23)24)31-33(21)37-28-16-5-6-17-29(28)38-30-18-8-14-26(35-31)34(30)37/h1-19,36H. The molecule has 3 heterocycles. The summed E-state index contributed by atoms with van der Waals surface area (Å²) in [4.78, 5) is 6.15. The average molecular weight is 483 g/mol. The van der Waals surface area contributed by atoms with E-state index in [1.807, 2.05) is 6.07 Å². The van der Waals surface area contributed by atoms with E-state index in [0.29, 0.717) is 0 Å². The van der Waals surface area contributed by atoms with E-state index in [0.717, 1.165) is 33.9 Å². The number of ether oxygens (including phenoxy) is 1. The minimum atomic E-state index is 0.872. The lowest BCUT2D eigenvalue weighted by Crippen LogP contribution is -2.42. The molecule has 0 atom stereocenters. The Labute approximate surface area is 220 Å². The van der Waals surface area contributed by atoms with Gasteiger partial charge >= 0.3 is 0 Å². The van der Waals surface area contributed by atoms with E-state index in [1.165, 1.54) is 49.3 Å². The molecule has 0 amide bonds. The molecule has 0 fully saturated rings. The molecule has 2 aliphatic rings. The van der Waals surface area contributed by atoms with Gasteiger partial charge in [0.2, 0.25) is 0 Å². The van der Waals surface area contributed by atoms with Crippen LogP contribution in [0.15, 0.2) is 115 Å². The molecule has 38 heavy (non-hydrogen) atoms. The summed E-state index contributed by atoms with van der Waals surface area (Å²) in [5, 5.41) is 4.94. The summed E-state index contributed by atoms with van der Waals surface area (Å²) in [5.41, 5.74) is 10.5. The van der Waals surface area contributed by atoms with Crippen LogP contribution in [0.2, 0.25) is 0 Å². The van der Waals surface area contributed by atoms with Crippen LogP contribution in [0.25, 0.3) is 43.7 Å². The highest BCUT2D eigenvalue weighted by Crippen LogP contribution is 2.52. The molecule has 4 heteroatoms. The molecule has 9 rings (SSSR count). The third-order valence-electron chi connectivity index (χ3n) is 8.00. The van der Waals surface area contributed by atoms with Gasteiger partial charge in [-0.2, -0.15) is 0 Å². The predicted octanol–water partition coefficient (Wildman–Crippen LogP) is 7.69. The quantitative estimate of drug-likeness (QED) is 0.243. The molecule has 0 bridgehead atoms. The second-order valence-corrected chi connectivity index (χ2v) is 10.0. The summed E-state index contributed by atoms with van der Waals surface area (Å²) >= 11 is 0. The molecule has 1 N–H and O–H groups in total. The maximum Gasteiger partial charge on any atom is 0.198 e. The third kappa shape index (κ3) is 2.59. The van der Waals surface area contributed by atoms with E-state index < -0.39 is 0 Å². The van der Waals surface area contributed by atoms with Crippen molar-refractivity contribution in [1.82, 2.24) is 4.98 Å². The zero-order valence-electron chi connectivity index (χ0n) is 20.4. The number of para-hydroxylation sites is 5. The average Bonchev–Trinajstić information content (AvgIpc) is 3.36. The Morgan fingerprint density at radius 3 is 2.34 bits per heavy atom. The summed E-state index contributed by atoms with van der Waals surface area (Å²) < 4.78 is 6.39. The van der Waals surface area contributed by atoms with Gasteiger partial charge in [0.05, 0.1) is 16.9 Å². The minimum absolute atomic E-state index is 0.872. The molecule has 1 radical (unpaired) electrons. The van der Waals surface area contributed by atoms with Crippen LogP contribution in [0.4, 0.5) is 17.1 Å².